The first-order valence-corrected chi connectivity index (χ1v) is 8.87. The van der Waals surface area contributed by atoms with E-state index in [9.17, 15) is 14.0 Å². The van der Waals surface area contributed by atoms with Gasteiger partial charge in [-0.3, -0.25) is 9.59 Å². The molecular formula is C21H21FN2O4. The van der Waals surface area contributed by atoms with Gasteiger partial charge >= 0.3 is 0 Å². The molecular weight excluding hydrogens is 363 g/mol. The van der Waals surface area contributed by atoms with Crippen LogP contribution in [0, 0.1) is 5.82 Å². The number of nitrogens with one attached hydrogen (secondary N) is 2. The lowest BCUT2D eigenvalue weighted by Gasteiger charge is -2.11. The van der Waals surface area contributed by atoms with E-state index in [0.717, 1.165) is 0 Å². The second kappa shape index (κ2) is 8.56. The van der Waals surface area contributed by atoms with E-state index >= 15 is 0 Å². The van der Waals surface area contributed by atoms with E-state index in [1.165, 1.54) is 19.1 Å². The minimum atomic E-state index is -0.614. The molecule has 0 saturated carbocycles. The number of carbonyl (C=O) groups excluding carboxylic acids is 1. The van der Waals surface area contributed by atoms with Crippen molar-refractivity contribution in [2.45, 2.75) is 13.3 Å². The minimum absolute atomic E-state index is 0.0484. The molecule has 0 atom stereocenters. The van der Waals surface area contributed by atoms with Gasteiger partial charge in [0.2, 0.25) is 5.91 Å². The van der Waals surface area contributed by atoms with Crippen molar-refractivity contribution in [3.63, 3.8) is 0 Å². The maximum Gasteiger partial charge on any atom is 0.216 e. The van der Waals surface area contributed by atoms with Gasteiger partial charge in [0, 0.05) is 25.2 Å². The van der Waals surface area contributed by atoms with Gasteiger partial charge in [-0.2, -0.15) is 0 Å². The summed E-state index contributed by atoms with van der Waals surface area (Å²) in [6.45, 7) is 2.25. The van der Waals surface area contributed by atoms with Gasteiger partial charge < -0.3 is 19.8 Å². The van der Waals surface area contributed by atoms with Crippen molar-refractivity contribution < 1.29 is 18.7 Å². The number of amides is 1. The standard InChI is InChI=1S/C21H21FN2O4/c1-13(25)23-10-3-11-28-18-9-8-17(22)19-20(18)24-12-16(21(19)26)14-4-6-15(27-2)7-5-14/h4-9,12H,3,10-11H2,1-2H3,(H,23,25)(H,24,26). The molecule has 6 nitrogen and oxygen atoms in total. The van der Waals surface area contributed by atoms with Gasteiger partial charge in [0.15, 0.2) is 5.43 Å². The molecule has 28 heavy (non-hydrogen) atoms. The van der Waals surface area contributed by atoms with Crippen LogP contribution in [0.4, 0.5) is 4.39 Å². The number of carbonyl (C=O) groups is 1. The maximum atomic E-state index is 14.4. The molecule has 2 N–H and O–H groups in total. The van der Waals surface area contributed by atoms with E-state index in [1.54, 1.807) is 37.6 Å². The zero-order chi connectivity index (χ0) is 20.1. The Labute approximate surface area is 161 Å². The van der Waals surface area contributed by atoms with Crippen molar-refractivity contribution in [1.82, 2.24) is 10.3 Å². The van der Waals surface area contributed by atoms with Crippen LogP contribution in [0.15, 0.2) is 47.4 Å². The lowest BCUT2D eigenvalue weighted by atomic mass is 10.0. The van der Waals surface area contributed by atoms with Gasteiger partial charge in [-0.15, -0.1) is 0 Å². The highest BCUT2D eigenvalue weighted by Crippen LogP contribution is 2.27. The van der Waals surface area contributed by atoms with Crippen LogP contribution in [-0.4, -0.2) is 31.2 Å². The number of pyridine rings is 1. The van der Waals surface area contributed by atoms with E-state index in [2.05, 4.69) is 10.3 Å². The summed E-state index contributed by atoms with van der Waals surface area (Å²) in [7, 11) is 1.56. The molecule has 7 heteroatoms. The molecule has 0 aliphatic heterocycles. The topological polar surface area (TPSA) is 80.4 Å². The third kappa shape index (κ3) is 4.14. The van der Waals surface area contributed by atoms with Gasteiger partial charge in [0.25, 0.3) is 0 Å². The number of methoxy groups -OCH3 is 1. The van der Waals surface area contributed by atoms with Crippen molar-refractivity contribution >= 4 is 16.8 Å². The van der Waals surface area contributed by atoms with E-state index in [4.69, 9.17) is 9.47 Å². The summed E-state index contributed by atoms with van der Waals surface area (Å²) >= 11 is 0. The third-order valence-corrected chi connectivity index (χ3v) is 4.30. The monoisotopic (exact) mass is 384 g/mol. The lowest BCUT2D eigenvalue weighted by molar-refractivity contribution is -0.118. The molecule has 0 fully saturated rings. The first kappa shape index (κ1) is 19.4. The molecule has 0 spiro atoms. The average Bonchev–Trinajstić information content (AvgIpc) is 2.69. The van der Waals surface area contributed by atoms with Crippen molar-refractivity contribution in [2.24, 2.45) is 0 Å². The molecule has 2 aromatic carbocycles. The fraction of sp³-hybridized carbons (Fsp3) is 0.238. The predicted molar refractivity (Wildman–Crippen MR) is 105 cm³/mol. The van der Waals surface area contributed by atoms with Crippen LogP contribution >= 0.6 is 0 Å². The highest BCUT2D eigenvalue weighted by molar-refractivity contribution is 5.88. The number of halogens is 1. The van der Waals surface area contributed by atoms with Gasteiger partial charge in [-0.1, -0.05) is 12.1 Å². The van der Waals surface area contributed by atoms with Crippen molar-refractivity contribution in [2.75, 3.05) is 20.3 Å². The zero-order valence-corrected chi connectivity index (χ0v) is 15.7. The molecule has 1 amide bonds. The second-order valence-corrected chi connectivity index (χ2v) is 6.24. The third-order valence-electron chi connectivity index (χ3n) is 4.30. The Kier molecular flexibility index (Phi) is 5.93. The number of hydrogen-bond acceptors (Lipinski definition) is 4. The summed E-state index contributed by atoms with van der Waals surface area (Å²) in [5.41, 5.74) is 0.906. The number of benzene rings is 2. The van der Waals surface area contributed by atoms with Crippen LogP contribution in [0.5, 0.6) is 11.5 Å². The van der Waals surface area contributed by atoms with Gasteiger partial charge in [0.05, 0.1) is 24.6 Å². The molecule has 3 aromatic rings. The number of aromatic nitrogens is 1. The fourth-order valence-corrected chi connectivity index (χ4v) is 2.89. The van der Waals surface area contributed by atoms with E-state index in [-0.39, 0.29) is 11.3 Å². The van der Waals surface area contributed by atoms with Crippen LogP contribution in [0.25, 0.3) is 22.0 Å². The Morgan fingerprint density at radius 3 is 2.61 bits per heavy atom. The highest BCUT2D eigenvalue weighted by atomic mass is 19.1. The van der Waals surface area contributed by atoms with Crippen molar-refractivity contribution in [1.29, 1.82) is 0 Å². The number of fused-ring (bicyclic) bond motifs is 1. The molecule has 0 unspecified atom stereocenters. The van der Waals surface area contributed by atoms with Crippen molar-refractivity contribution in [3.8, 4) is 22.6 Å². The quantitative estimate of drug-likeness (QED) is 0.613. The molecule has 0 radical (unpaired) electrons. The molecule has 3 rings (SSSR count). The first-order valence-electron chi connectivity index (χ1n) is 8.87. The Morgan fingerprint density at radius 1 is 1.18 bits per heavy atom. The first-order chi connectivity index (χ1) is 13.5. The molecule has 0 aliphatic rings. The molecule has 0 bridgehead atoms. The van der Waals surface area contributed by atoms with Gasteiger partial charge in [-0.25, -0.2) is 4.39 Å². The summed E-state index contributed by atoms with van der Waals surface area (Å²) in [5, 5.41) is 2.63. The van der Waals surface area contributed by atoms with Crippen LogP contribution in [0.2, 0.25) is 0 Å². The van der Waals surface area contributed by atoms with E-state index in [0.29, 0.717) is 47.7 Å². The fourth-order valence-electron chi connectivity index (χ4n) is 2.89. The van der Waals surface area contributed by atoms with Crippen LogP contribution in [0.3, 0.4) is 0 Å². The summed E-state index contributed by atoms with van der Waals surface area (Å²) < 4.78 is 25.2. The Bertz CT molecular complexity index is 1040. The van der Waals surface area contributed by atoms with Crippen molar-refractivity contribution in [3.05, 3.63) is 58.6 Å². The summed E-state index contributed by atoms with van der Waals surface area (Å²) in [5.74, 6) is 0.333. The highest BCUT2D eigenvalue weighted by Gasteiger charge is 2.15. The average molecular weight is 384 g/mol. The number of ether oxygens (including phenoxy) is 2. The van der Waals surface area contributed by atoms with E-state index < -0.39 is 11.2 Å². The smallest absolute Gasteiger partial charge is 0.216 e. The number of aromatic amines is 1. The molecule has 146 valence electrons. The SMILES string of the molecule is COc1ccc(-c2c[nH]c3c(OCCCNC(C)=O)ccc(F)c3c2=O)cc1. The summed E-state index contributed by atoms with van der Waals surface area (Å²) in [6, 6.07) is 9.68. The number of H-pyrrole nitrogens is 1. The lowest BCUT2D eigenvalue weighted by Crippen LogP contribution is -2.22. The summed E-state index contributed by atoms with van der Waals surface area (Å²) in [6.07, 6.45) is 2.14. The molecule has 0 saturated heterocycles. The number of rotatable bonds is 7. The zero-order valence-electron chi connectivity index (χ0n) is 15.7. The maximum absolute atomic E-state index is 14.4. The molecule has 0 aliphatic carbocycles. The normalized spacial score (nSPS) is 10.7. The van der Waals surface area contributed by atoms with Crippen LogP contribution < -0.4 is 20.2 Å². The summed E-state index contributed by atoms with van der Waals surface area (Å²) in [4.78, 5) is 26.8. The second-order valence-electron chi connectivity index (χ2n) is 6.24. The van der Waals surface area contributed by atoms with Crippen LogP contribution in [0.1, 0.15) is 13.3 Å². The van der Waals surface area contributed by atoms with Gasteiger partial charge in [-0.05, 0) is 36.2 Å². The minimum Gasteiger partial charge on any atom is -0.497 e. The Morgan fingerprint density at radius 2 is 1.93 bits per heavy atom. The van der Waals surface area contributed by atoms with E-state index in [1.807, 2.05) is 0 Å². The number of hydrogen-bond donors (Lipinski definition) is 2. The predicted octanol–water partition coefficient (Wildman–Crippen LogP) is 3.25. The Hall–Kier alpha value is -3.35. The molecule has 1 heterocycles. The molecule has 1 aromatic heterocycles. The van der Waals surface area contributed by atoms with Gasteiger partial charge in [0.1, 0.15) is 17.3 Å². The largest absolute Gasteiger partial charge is 0.497 e. The Balaban J connectivity index is 1.90. The van der Waals surface area contributed by atoms with Crippen LogP contribution in [-0.2, 0) is 4.79 Å².